The highest BCUT2D eigenvalue weighted by Crippen LogP contribution is 2.40. The van der Waals surface area contributed by atoms with Gasteiger partial charge in [-0.25, -0.2) is 5.43 Å². The molecule has 0 atom stereocenters. The molecule has 1 amide bonds. The second-order valence-electron chi connectivity index (χ2n) is 6.85. The van der Waals surface area contributed by atoms with Gasteiger partial charge in [0, 0.05) is 17.3 Å². The smallest absolute Gasteiger partial charge is 0.254 e. The minimum absolute atomic E-state index is 0.0356. The van der Waals surface area contributed by atoms with E-state index in [1.807, 2.05) is 6.07 Å². The number of amides is 1. The Hall–Kier alpha value is -2.61. The lowest BCUT2D eigenvalue weighted by Gasteiger charge is -2.46. The molecule has 1 aliphatic heterocycles. The number of hydrogen-bond acceptors (Lipinski definition) is 4. The first-order chi connectivity index (χ1) is 11.3. The Morgan fingerprint density at radius 3 is 2.79 bits per heavy atom. The van der Waals surface area contributed by atoms with Crippen molar-refractivity contribution >= 4 is 23.4 Å². The van der Waals surface area contributed by atoms with Crippen LogP contribution >= 0.6 is 0 Å². The van der Waals surface area contributed by atoms with Crippen LogP contribution in [-0.4, -0.2) is 23.7 Å². The summed E-state index contributed by atoms with van der Waals surface area (Å²) in [6, 6.07) is 8.34. The highest BCUT2D eigenvalue weighted by atomic mass is 16.2. The molecular weight excluding hydrogens is 300 g/mol. The molecule has 1 heterocycles. The number of carbonyl (C=O) groups excluding carboxylic acids is 1. The molecule has 126 valence electrons. The Morgan fingerprint density at radius 1 is 1.46 bits per heavy atom. The van der Waals surface area contributed by atoms with Crippen LogP contribution in [0.4, 0.5) is 5.69 Å². The van der Waals surface area contributed by atoms with Crippen LogP contribution in [0.15, 0.2) is 29.4 Å². The Bertz CT molecular complexity index is 738. The van der Waals surface area contributed by atoms with Crippen LogP contribution in [0.3, 0.4) is 0 Å². The Labute approximate surface area is 143 Å². The lowest BCUT2D eigenvalue weighted by atomic mass is 9.87. The zero-order valence-corrected chi connectivity index (χ0v) is 14.9. The maximum absolute atomic E-state index is 11.2. The van der Waals surface area contributed by atoms with Crippen molar-refractivity contribution in [2.24, 2.45) is 5.10 Å². The Morgan fingerprint density at radius 2 is 2.17 bits per heavy atom. The first kappa shape index (κ1) is 17.7. The maximum Gasteiger partial charge on any atom is 0.254 e. The monoisotopic (exact) mass is 324 g/mol. The van der Waals surface area contributed by atoms with Crippen LogP contribution in [0, 0.1) is 11.3 Å². The van der Waals surface area contributed by atoms with E-state index in [-0.39, 0.29) is 12.0 Å². The fraction of sp³-hybridized carbons (Fsp3) is 0.421. The van der Waals surface area contributed by atoms with Gasteiger partial charge in [0.05, 0.1) is 17.8 Å². The molecule has 5 nitrogen and oxygen atoms in total. The fourth-order valence-corrected chi connectivity index (χ4v) is 3.38. The quantitative estimate of drug-likeness (QED) is 0.681. The van der Waals surface area contributed by atoms with E-state index < -0.39 is 5.91 Å². The van der Waals surface area contributed by atoms with E-state index in [0.29, 0.717) is 6.04 Å². The summed E-state index contributed by atoms with van der Waals surface area (Å²) >= 11 is 0. The van der Waals surface area contributed by atoms with Crippen LogP contribution in [0.2, 0.25) is 0 Å². The van der Waals surface area contributed by atoms with Crippen LogP contribution in [0.25, 0.3) is 5.57 Å². The molecule has 0 bridgehead atoms. The van der Waals surface area contributed by atoms with Crippen molar-refractivity contribution < 1.29 is 4.79 Å². The number of nitrogens with zero attached hydrogens (tertiary/aromatic N) is 3. The molecule has 0 saturated carbocycles. The summed E-state index contributed by atoms with van der Waals surface area (Å²) in [6.07, 6.45) is 3.69. The summed E-state index contributed by atoms with van der Waals surface area (Å²) in [5.74, 6) is -0.407. The molecule has 0 aliphatic carbocycles. The van der Waals surface area contributed by atoms with Crippen molar-refractivity contribution in [2.45, 2.75) is 52.6 Å². The molecule has 0 radical (unpaired) electrons. The molecule has 2 rings (SSSR count). The number of nitriles is 1. The van der Waals surface area contributed by atoms with E-state index in [1.54, 1.807) is 12.3 Å². The zero-order chi connectivity index (χ0) is 17.9. The van der Waals surface area contributed by atoms with Crippen LogP contribution in [-0.2, 0) is 4.79 Å². The molecular formula is C19H24N4O. The molecule has 0 fully saturated rings. The molecule has 0 unspecified atom stereocenters. The molecule has 1 aromatic carbocycles. The number of nitrogens with one attached hydrogen (secondary N) is 1. The molecule has 24 heavy (non-hydrogen) atoms. The highest BCUT2D eigenvalue weighted by Gasteiger charge is 2.32. The highest BCUT2D eigenvalue weighted by molar-refractivity contribution is 5.88. The van der Waals surface area contributed by atoms with Crippen molar-refractivity contribution in [2.75, 3.05) is 4.90 Å². The van der Waals surface area contributed by atoms with Gasteiger partial charge in [0.1, 0.15) is 6.42 Å². The molecule has 0 aromatic heterocycles. The SMILES string of the molecule is CC1=CC(C)(C)N(C(C)C)c2ccc(/C=N\NC(=O)CC#N)cc21. The summed E-state index contributed by atoms with van der Waals surface area (Å²) < 4.78 is 0. The predicted octanol–water partition coefficient (Wildman–Crippen LogP) is 3.46. The Balaban J connectivity index is 2.31. The van der Waals surface area contributed by atoms with Gasteiger partial charge in [0.15, 0.2) is 0 Å². The van der Waals surface area contributed by atoms with E-state index in [2.05, 4.69) is 68.3 Å². The van der Waals surface area contributed by atoms with E-state index in [0.717, 1.165) is 5.56 Å². The van der Waals surface area contributed by atoms with Gasteiger partial charge in [0.2, 0.25) is 0 Å². The van der Waals surface area contributed by atoms with Gasteiger partial charge in [0.25, 0.3) is 5.91 Å². The molecule has 1 aromatic rings. The normalized spacial score (nSPS) is 15.9. The average Bonchev–Trinajstić information content (AvgIpc) is 2.46. The summed E-state index contributed by atoms with van der Waals surface area (Å²) in [7, 11) is 0. The van der Waals surface area contributed by atoms with Crippen molar-refractivity contribution in [1.29, 1.82) is 5.26 Å². The van der Waals surface area contributed by atoms with Gasteiger partial charge in [-0.15, -0.1) is 0 Å². The summed E-state index contributed by atoms with van der Waals surface area (Å²) in [4.78, 5) is 13.7. The Kier molecular flexibility index (Phi) is 5.08. The van der Waals surface area contributed by atoms with Gasteiger partial charge < -0.3 is 4.90 Å². The number of hydrazone groups is 1. The number of hydrogen-bond donors (Lipinski definition) is 1. The summed E-state index contributed by atoms with van der Waals surface area (Å²) in [5, 5.41) is 12.4. The summed E-state index contributed by atoms with van der Waals surface area (Å²) in [6.45, 7) is 11.0. The molecule has 1 aliphatic rings. The number of anilines is 1. The van der Waals surface area contributed by atoms with Crippen LogP contribution in [0.5, 0.6) is 0 Å². The summed E-state index contributed by atoms with van der Waals surface area (Å²) in [5.41, 5.74) is 6.83. The fourth-order valence-electron chi connectivity index (χ4n) is 3.38. The topological polar surface area (TPSA) is 68.5 Å². The number of rotatable bonds is 4. The molecule has 0 spiro atoms. The third-order valence-corrected chi connectivity index (χ3v) is 4.05. The van der Waals surface area contributed by atoms with Gasteiger partial charge in [-0.3, -0.25) is 4.79 Å². The van der Waals surface area contributed by atoms with E-state index >= 15 is 0 Å². The number of carbonyl (C=O) groups is 1. The number of benzene rings is 1. The number of fused-ring (bicyclic) bond motifs is 1. The van der Waals surface area contributed by atoms with Crippen molar-refractivity contribution in [3.63, 3.8) is 0 Å². The lowest BCUT2D eigenvalue weighted by molar-refractivity contribution is -0.120. The lowest BCUT2D eigenvalue weighted by Crippen LogP contribution is -2.49. The molecule has 1 N–H and O–H groups in total. The standard InChI is InChI=1S/C19H24N4O/c1-13(2)23-17-7-6-15(12-21-22-18(24)8-9-20)10-16(17)14(3)11-19(23,4)5/h6-7,10-13H,8H2,1-5H3,(H,22,24)/b21-12-. The van der Waals surface area contributed by atoms with Crippen LogP contribution < -0.4 is 10.3 Å². The second-order valence-corrected chi connectivity index (χ2v) is 6.85. The predicted molar refractivity (Wildman–Crippen MR) is 97.8 cm³/mol. The molecule has 0 saturated heterocycles. The van der Waals surface area contributed by atoms with E-state index in [4.69, 9.17) is 5.26 Å². The van der Waals surface area contributed by atoms with Gasteiger partial charge in [-0.1, -0.05) is 12.1 Å². The first-order valence-corrected chi connectivity index (χ1v) is 8.08. The average molecular weight is 324 g/mol. The number of allylic oxidation sites excluding steroid dienone is 1. The minimum atomic E-state index is -0.407. The van der Waals surface area contributed by atoms with Crippen molar-refractivity contribution in [3.05, 3.63) is 35.4 Å². The minimum Gasteiger partial charge on any atom is -0.360 e. The molecule has 5 heteroatoms. The first-order valence-electron chi connectivity index (χ1n) is 8.08. The van der Waals surface area contributed by atoms with Crippen LogP contribution in [0.1, 0.15) is 52.2 Å². The van der Waals surface area contributed by atoms with Gasteiger partial charge >= 0.3 is 0 Å². The van der Waals surface area contributed by atoms with Crippen molar-refractivity contribution in [1.82, 2.24) is 5.43 Å². The third-order valence-electron chi connectivity index (χ3n) is 4.05. The third kappa shape index (κ3) is 3.65. The largest absolute Gasteiger partial charge is 0.360 e. The van der Waals surface area contributed by atoms with Crippen molar-refractivity contribution in [3.8, 4) is 6.07 Å². The van der Waals surface area contributed by atoms with E-state index in [9.17, 15) is 4.79 Å². The maximum atomic E-state index is 11.2. The second kappa shape index (κ2) is 6.88. The van der Waals surface area contributed by atoms with Gasteiger partial charge in [-0.2, -0.15) is 10.4 Å². The van der Waals surface area contributed by atoms with Gasteiger partial charge in [-0.05, 0) is 57.9 Å². The zero-order valence-electron chi connectivity index (χ0n) is 14.9. The van der Waals surface area contributed by atoms with E-state index in [1.165, 1.54) is 16.8 Å².